The van der Waals surface area contributed by atoms with Gasteiger partial charge < -0.3 is 10.2 Å². The molecular formula is C17H14I2N2O3S. The van der Waals surface area contributed by atoms with Crippen molar-refractivity contribution in [2.45, 2.75) is 11.3 Å². The van der Waals surface area contributed by atoms with Gasteiger partial charge in [-0.2, -0.15) is 0 Å². The lowest BCUT2D eigenvalue weighted by Gasteiger charge is -2.16. The van der Waals surface area contributed by atoms with Crippen molar-refractivity contribution in [2.75, 3.05) is 12.4 Å². The molecule has 0 aliphatic rings. The minimum absolute atomic E-state index is 0.147. The number of halogens is 2. The first-order valence-corrected chi connectivity index (χ1v) is 10.5. The van der Waals surface area contributed by atoms with Gasteiger partial charge in [-0.25, -0.2) is 4.98 Å². The van der Waals surface area contributed by atoms with Crippen LogP contribution >= 0.6 is 56.9 Å². The second-order valence-corrected chi connectivity index (χ2v) is 8.50. The van der Waals surface area contributed by atoms with Crippen LogP contribution in [-0.4, -0.2) is 38.2 Å². The third kappa shape index (κ3) is 4.02. The van der Waals surface area contributed by atoms with E-state index in [2.05, 4.69) is 50.2 Å². The zero-order valence-electron chi connectivity index (χ0n) is 12.9. The molecule has 1 atom stereocenters. The second kappa shape index (κ2) is 8.33. The summed E-state index contributed by atoms with van der Waals surface area (Å²) in [6.45, 7) is -0.328. The smallest absolute Gasteiger partial charge is 0.266 e. The Morgan fingerprint density at radius 3 is 2.68 bits per heavy atom. The molecule has 1 aromatic heterocycles. The fourth-order valence-electron chi connectivity index (χ4n) is 2.31. The van der Waals surface area contributed by atoms with Gasteiger partial charge in [0.05, 0.1) is 32.9 Å². The maximum atomic E-state index is 13.1. The van der Waals surface area contributed by atoms with Gasteiger partial charge in [0.1, 0.15) is 0 Å². The Bertz CT molecular complexity index is 978. The molecule has 0 spiro atoms. The largest absolute Gasteiger partial charge is 0.394 e. The molecular weight excluding hydrogens is 566 g/mol. The lowest BCUT2D eigenvalue weighted by atomic mass is 10.2. The predicted octanol–water partition coefficient (Wildman–Crippen LogP) is 3.04. The molecule has 0 amide bonds. The third-order valence-electron chi connectivity index (χ3n) is 3.53. The lowest BCUT2D eigenvalue weighted by Crippen LogP contribution is -2.24. The summed E-state index contributed by atoms with van der Waals surface area (Å²) in [4.78, 5) is 17.7. The molecule has 0 radical (unpaired) electrons. The Kier molecular flexibility index (Phi) is 6.36. The van der Waals surface area contributed by atoms with Crippen molar-refractivity contribution in [1.82, 2.24) is 9.55 Å². The van der Waals surface area contributed by atoms with Crippen LogP contribution in [0.5, 0.6) is 0 Å². The van der Waals surface area contributed by atoms with Crippen molar-refractivity contribution in [3.63, 3.8) is 0 Å². The van der Waals surface area contributed by atoms with Crippen LogP contribution in [0.15, 0.2) is 52.4 Å². The van der Waals surface area contributed by atoms with Gasteiger partial charge in [0, 0.05) is 9.32 Å². The first kappa shape index (κ1) is 19.1. The van der Waals surface area contributed by atoms with E-state index in [9.17, 15) is 9.90 Å². The summed E-state index contributed by atoms with van der Waals surface area (Å²) < 4.78 is 3.59. The number of rotatable bonds is 5. The van der Waals surface area contributed by atoms with Crippen molar-refractivity contribution >= 4 is 67.8 Å². The van der Waals surface area contributed by atoms with Gasteiger partial charge in [-0.15, -0.1) is 0 Å². The molecule has 0 aliphatic heterocycles. The van der Waals surface area contributed by atoms with Crippen LogP contribution in [0.4, 0.5) is 0 Å². The van der Waals surface area contributed by atoms with Crippen molar-refractivity contribution in [3.8, 4) is 5.69 Å². The molecule has 1 heterocycles. The van der Waals surface area contributed by atoms with Crippen molar-refractivity contribution < 1.29 is 10.2 Å². The summed E-state index contributed by atoms with van der Waals surface area (Å²) in [6, 6.07) is 13.0. The number of fused-ring (bicyclic) bond motifs is 1. The van der Waals surface area contributed by atoms with Crippen LogP contribution in [0.2, 0.25) is 0 Å². The van der Waals surface area contributed by atoms with E-state index in [4.69, 9.17) is 5.11 Å². The molecule has 0 saturated carbocycles. The van der Waals surface area contributed by atoms with Crippen LogP contribution in [0.1, 0.15) is 0 Å². The molecule has 2 N–H and O–H groups in total. The summed E-state index contributed by atoms with van der Waals surface area (Å²) >= 11 is 5.71. The Morgan fingerprint density at radius 2 is 1.92 bits per heavy atom. The zero-order chi connectivity index (χ0) is 18.0. The SMILES string of the molecule is O=c1c2ccccc2nc(SCC(O)CO)n1-c1cccc(I)c1I. The predicted molar refractivity (Wildman–Crippen MR) is 117 cm³/mol. The molecule has 0 fully saturated rings. The van der Waals surface area contributed by atoms with Gasteiger partial charge in [-0.05, 0) is 69.4 Å². The highest BCUT2D eigenvalue weighted by atomic mass is 127. The molecule has 0 saturated heterocycles. The number of hydrogen-bond acceptors (Lipinski definition) is 5. The van der Waals surface area contributed by atoms with Gasteiger partial charge in [-0.3, -0.25) is 9.36 Å². The molecule has 3 aromatic rings. The average Bonchev–Trinajstić information content (AvgIpc) is 2.62. The van der Waals surface area contributed by atoms with E-state index in [1.807, 2.05) is 30.3 Å². The highest BCUT2D eigenvalue weighted by molar-refractivity contribution is 14.1. The van der Waals surface area contributed by atoms with Gasteiger partial charge >= 0.3 is 0 Å². The lowest BCUT2D eigenvalue weighted by molar-refractivity contribution is 0.113. The van der Waals surface area contributed by atoms with E-state index in [0.717, 1.165) is 12.8 Å². The van der Waals surface area contributed by atoms with Crippen LogP contribution in [0.3, 0.4) is 0 Å². The number of hydrogen-bond donors (Lipinski definition) is 2. The highest BCUT2D eigenvalue weighted by Gasteiger charge is 2.17. The summed E-state index contributed by atoms with van der Waals surface area (Å²) in [6.07, 6.45) is -0.864. The Labute approximate surface area is 175 Å². The second-order valence-electron chi connectivity index (χ2n) is 5.27. The molecule has 5 nitrogen and oxygen atoms in total. The average molecular weight is 580 g/mol. The summed E-state index contributed by atoms with van der Waals surface area (Å²) in [5.41, 5.74) is 1.23. The van der Waals surface area contributed by atoms with Crippen LogP contribution < -0.4 is 5.56 Å². The molecule has 130 valence electrons. The molecule has 3 rings (SSSR count). The van der Waals surface area contributed by atoms with Gasteiger partial charge in [-0.1, -0.05) is 30.0 Å². The van der Waals surface area contributed by atoms with Crippen molar-refractivity contribution in [2.24, 2.45) is 0 Å². The third-order valence-corrected chi connectivity index (χ3v) is 7.68. The maximum Gasteiger partial charge on any atom is 0.266 e. The van der Waals surface area contributed by atoms with Crippen LogP contribution in [0, 0.1) is 7.14 Å². The normalized spacial score (nSPS) is 12.5. The van der Waals surface area contributed by atoms with E-state index in [0.29, 0.717) is 16.1 Å². The van der Waals surface area contributed by atoms with Gasteiger partial charge in [0.25, 0.3) is 5.56 Å². The number of thioether (sulfide) groups is 1. The Hall–Kier alpha value is -0.690. The van der Waals surface area contributed by atoms with E-state index < -0.39 is 6.10 Å². The molecule has 1 unspecified atom stereocenters. The van der Waals surface area contributed by atoms with E-state index in [-0.39, 0.29) is 17.9 Å². The minimum Gasteiger partial charge on any atom is -0.394 e. The van der Waals surface area contributed by atoms with Crippen LogP contribution in [-0.2, 0) is 0 Å². The molecule has 0 aliphatic carbocycles. The minimum atomic E-state index is -0.864. The van der Waals surface area contributed by atoms with Gasteiger partial charge in [0.2, 0.25) is 0 Å². The zero-order valence-corrected chi connectivity index (χ0v) is 18.0. The standard InChI is InChI=1S/C17H14I2N2O3S/c18-12-5-3-7-14(15(12)19)21-16(24)11-4-1-2-6-13(11)20-17(21)25-9-10(23)8-22/h1-7,10,22-23H,8-9H2. The van der Waals surface area contributed by atoms with Crippen LogP contribution in [0.25, 0.3) is 16.6 Å². The first-order valence-electron chi connectivity index (χ1n) is 7.41. The molecule has 0 bridgehead atoms. The summed E-state index contributed by atoms with van der Waals surface area (Å²) in [7, 11) is 0. The number of para-hydroxylation sites is 1. The topological polar surface area (TPSA) is 75.3 Å². The fraction of sp³-hybridized carbons (Fsp3) is 0.176. The molecule has 25 heavy (non-hydrogen) atoms. The maximum absolute atomic E-state index is 13.1. The van der Waals surface area contributed by atoms with Crippen molar-refractivity contribution in [1.29, 1.82) is 0 Å². The number of aromatic nitrogens is 2. The van der Waals surface area contributed by atoms with E-state index >= 15 is 0 Å². The Morgan fingerprint density at radius 1 is 1.16 bits per heavy atom. The number of aliphatic hydroxyl groups excluding tert-OH is 2. The monoisotopic (exact) mass is 580 g/mol. The molecule has 2 aromatic carbocycles. The Balaban J connectivity index is 2.25. The van der Waals surface area contributed by atoms with Crippen molar-refractivity contribution in [3.05, 3.63) is 60.0 Å². The fourth-order valence-corrected chi connectivity index (χ4v) is 4.31. The molecule has 8 heteroatoms. The number of aliphatic hydroxyl groups is 2. The first-order chi connectivity index (χ1) is 12.0. The number of nitrogens with zero attached hydrogens (tertiary/aromatic N) is 2. The summed E-state index contributed by atoms with van der Waals surface area (Å²) in [5, 5.41) is 19.8. The quantitative estimate of drug-likeness (QED) is 0.276. The number of benzene rings is 2. The van der Waals surface area contributed by atoms with Gasteiger partial charge in [0.15, 0.2) is 5.16 Å². The summed E-state index contributed by atoms with van der Waals surface area (Å²) in [5.74, 6) is 0.252. The van der Waals surface area contributed by atoms with E-state index in [1.165, 1.54) is 11.8 Å². The van der Waals surface area contributed by atoms with E-state index in [1.54, 1.807) is 16.7 Å². The highest BCUT2D eigenvalue weighted by Crippen LogP contribution is 2.27.